The van der Waals surface area contributed by atoms with Crippen LogP contribution in [0.25, 0.3) is 27.9 Å². The van der Waals surface area contributed by atoms with E-state index < -0.39 is 0 Å². The van der Waals surface area contributed by atoms with Crippen LogP contribution in [0.15, 0.2) is 65.5 Å². The largest absolute Gasteiger partial charge is 0.594 e. The van der Waals surface area contributed by atoms with Crippen LogP contribution in [-0.4, -0.2) is 25.5 Å². The van der Waals surface area contributed by atoms with Gasteiger partial charge in [-0.15, -0.1) is 0 Å². The van der Waals surface area contributed by atoms with Gasteiger partial charge in [-0.2, -0.15) is 5.10 Å². The number of carbonyl (C=O) groups is 1. The number of benzene rings is 1. The summed E-state index contributed by atoms with van der Waals surface area (Å²) < 4.78 is 6.64. The normalized spacial score (nSPS) is 11.4. The first-order valence-electron chi connectivity index (χ1n) is 7.86. The molecule has 0 saturated heterocycles. The van der Waals surface area contributed by atoms with Crippen LogP contribution in [0, 0.1) is 5.21 Å². The minimum atomic E-state index is -0.377. The van der Waals surface area contributed by atoms with Crippen LogP contribution in [0.5, 0.6) is 0 Å². The molecule has 0 fully saturated rings. The summed E-state index contributed by atoms with van der Waals surface area (Å²) in [5, 5.41) is 20.6. The number of fused-ring (bicyclic) bond motifs is 3. The maximum atomic E-state index is 12.6. The van der Waals surface area contributed by atoms with Gasteiger partial charge in [-0.1, -0.05) is 0 Å². The SMILES string of the molecule is O=C(c1ccco1)c1cnn2c1n[n+]([O-])c1ccc(-c3ccc[nH]3)cc12. The molecule has 0 bridgehead atoms. The molecule has 4 aromatic heterocycles. The fraction of sp³-hybridized carbons (Fsp3) is 0. The maximum absolute atomic E-state index is 12.6. The van der Waals surface area contributed by atoms with E-state index in [0.717, 1.165) is 11.3 Å². The Hall–Kier alpha value is -3.94. The van der Waals surface area contributed by atoms with E-state index in [1.165, 1.54) is 17.0 Å². The second kappa shape index (κ2) is 5.28. The van der Waals surface area contributed by atoms with Gasteiger partial charge in [-0.3, -0.25) is 4.79 Å². The molecule has 0 saturated carbocycles. The second-order valence-electron chi connectivity index (χ2n) is 5.76. The monoisotopic (exact) mass is 345 g/mol. The van der Waals surface area contributed by atoms with Gasteiger partial charge in [0.2, 0.25) is 11.4 Å². The van der Waals surface area contributed by atoms with E-state index in [0.29, 0.717) is 15.9 Å². The minimum absolute atomic E-state index is 0.166. The summed E-state index contributed by atoms with van der Waals surface area (Å²) in [4.78, 5) is 16.2. The number of hydrogen-bond acceptors (Lipinski definition) is 5. The molecule has 0 aliphatic carbocycles. The number of ketones is 1. The lowest BCUT2D eigenvalue weighted by Gasteiger charge is -2.04. The maximum Gasteiger partial charge on any atom is 0.270 e. The number of nitrogens with zero attached hydrogens (tertiary/aromatic N) is 4. The molecule has 0 aliphatic heterocycles. The van der Waals surface area contributed by atoms with E-state index in [9.17, 15) is 10.0 Å². The average molecular weight is 345 g/mol. The standard InChI is InChI=1S/C18H11N5O3/c24-17(16-4-2-8-26-16)12-10-20-22-15-9-11(13-3-1-7-19-13)5-6-14(15)23(25)21-18(12)22/h1-10,19H. The van der Waals surface area contributed by atoms with E-state index >= 15 is 0 Å². The van der Waals surface area contributed by atoms with Crippen LogP contribution >= 0.6 is 0 Å². The quantitative estimate of drug-likeness (QED) is 0.307. The number of furan rings is 1. The summed E-state index contributed by atoms with van der Waals surface area (Å²) >= 11 is 0. The third-order valence-electron chi connectivity index (χ3n) is 4.24. The van der Waals surface area contributed by atoms with Gasteiger partial charge in [0, 0.05) is 28.6 Å². The topological polar surface area (TPSA) is 103 Å². The summed E-state index contributed by atoms with van der Waals surface area (Å²) in [6, 6.07) is 12.3. The number of nitrogens with one attached hydrogen (secondary N) is 1. The molecule has 4 heterocycles. The van der Waals surface area contributed by atoms with E-state index in [-0.39, 0.29) is 22.8 Å². The molecule has 0 atom stereocenters. The van der Waals surface area contributed by atoms with Crippen molar-refractivity contribution < 1.29 is 14.1 Å². The van der Waals surface area contributed by atoms with Gasteiger partial charge in [0.05, 0.1) is 18.0 Å². The predicted octanol–water partition coefficient (Wildman–Crippen LogP) is 2.33. The summed E-state index contributed by atoms with van der Waals surface area (Å²) in [5.41, 5.74) is 3.09. The zero-order valence-corrected chi connectivity index (χ0v) is 13.3. The van der Waals surface area contributed by atoms with Gasteiger partial charge >= 0.3 is 0 Å². The van der Waals surface area contributed by atoms with Crippen LogP contribution in [0.2, 0.25) is 0 Å². The lowest BCUT2D eigenvalue weighted by molar-refractivity contribution is -0.640. The number of hydrogen-bond donors (Lipinski definition) is 1. The fourth-order valence-electron chi connectivity index (χ4n) is 2.99. The third-order valence-corrected chi connectivity index (χ3v) is 4.24. The Morgan fingerprint density at radius 2 is 2.15 bits per heavy atom. The number of aromatic amines is 1. The first-order chi connectivity index (χ1) is 12.7. The molecule has 126 valence electrons. The van der Waals surface area contributed by atoms with Crippen LogP contribution in [-0.2, 0) is 0 Å². The predicted molar refractivity (Wildman–Crippen MR) is 91.4 cm³/mol. The van der Waals surface area contributed by atoms with E-state index in [1.54, 1.807) is 18.2 Å². The van der Waals surface area contributed by atoms with Crippen molar-refractivity contribution in [3.05, 3.63) is 77.7 Å². The van der Waals surface area contributed by atoms with Crippen molar-refractivity contribution in [1.82, 2.24) is 19.7 Å². The van der Waals surface area contributed by atoms with Crippen LogP contribution in [0.1, 0.15) is 16.1 Å². The number of H-pyrrole nitrogens is 1. The molecular formula is C18H11N5O3. The first kappa shape index (κ1) is 14.4. The molecule has 8 heteroatoms. The number of carbonyl (C=O) groups excluding carboxylic acids is 1. The highest BCUT2D eigenvalue weighted by Crippen LogP contribution is 2.23. The zero-order chi connectivity index (χ0) is 17.7. The van der Waals surface area contributed by atoms with E-state index in [1.807, 2.05) is 30.5 Å². The Kier molecular flexibility index (Phi) is 2.93. The van der Waals surface area contributed by atoms with Crippen molar-refractivity contribution in [3.8, 4) is 11.3 Å². The summed E-state index contributed by atoms with van der Waals surface area (Å²) in [6.45, 7) is 0. The summed E-state index contributed by atoms with van der Waals surface area (Å²) in [6.07, 6.45) is 4.63. The van der Waals surface area contributed by atoms with Gasteiger partial charge < -0.3 is 14.6 Å². The number of aromatic nitrogens is 5. The molecule has 0 spiro atoms. The molecule has 0 radical (unpaired) electrons. The second-order valence-corrected chi connectivity index (χ2v) is 5.76. The van der Waals surface area contributed by atoms with Gasteiger partial charge in [0.1, 0.15) is 5.52 Å². The molecule has 26 heavy (non-hydrogen) atoms. The highest BCUT2D eigenvalue weighted by Gasteiger charge is 2.23. The Bertz CT molecular complexity index is 1250. The molecule has 8 nitrogen and oxygen atoms in total. The molecular weight excluding hydrogens is 334 g/mol. The van der Waals surface area contributed by atoms with Crippen molar-refractivity contribution in [2.45, 2.75) is 0 Å². The minimum Gasteiger partial charge on any atom is -0.594 e. The molecule has 5 rings (SSSR count). The van der Waals surface area contributed by atoms with Crippen molar-refractivity contribution in [2.75, 3.05) is 0 Å². The lowest BCUT2D eigenvalue weighted by atomic mass is 10.1. The van der Waals surface area contributed by atoms with Crippen molar-refractivity contribution in [3.63, 3.8) is 0 Å². The van der Waals surface area contributed by atoms with Crippen molar-refractivity contribution >= 4 is 22.5 Å². The van der Waals surface area contributed by atoms with Crippen LogP contribution in [0.4, 0.5) is 0 Å². The highest BCUT2D eigenvalue weighted by molar-refractivity contribution is 6.11. The molecule has 5 aromatic rings. The third kappa shape index (κ3) is 2.02. The Labute approximate surface area is 145 Å². The Balaban J connectivity index is 1.77. The average Bonchev–Trinajstić information content (AvgIpc) is 3.41. The fourth-order valence-corrected chi connectivity index (χ4v) is 2.99. The van der Waals surface area contributed by atoms with Crippen molar-refractivity contribution in [2.24, 2.45) is 0 Å². The van der Waals surface area contributed by atoms with E-state index in [2.05, 4.69) is 15.2 Å². The first-order valence-corrected chi connectivity index (χ1v) is 7.86. The zero-order valence-electron chi connectivity index (χ0n) is 13.3. The molecule has 0 unspecified atom stereocenters. The van der Waals surface area contributed by atoms with Crippen molar-refractivity contribution in [1.29, 1.82) is 0 Å². The smallest absolute Gasteiger partial charge is 0.270 e. The highest BCUT2D eigenvalue weighted by atomic mass is 16.5. The Morgan fingerprint density at radius 1 is 1.23 bits per heavy atom. The van der Waals surface area contributed by atoms with Gasteiger partial charge in [-0.05, 0) is 41.2 Å². The molecule has 1 aromatic carbocycles. The van der Waals surface area contributed by atoms with E-state index in [4.69, 9.17) is 4.42 Å². The molecule has 1 N–H and O–H groups in total. The molecule has 0 aliphatic rings. The summed E-state index contributed by atoms with van der Waals surface area (Å²) in [7, 11) is 0. The molecule has 0 amide bonds. The number of rotatable bonds is 3. The van der Waals surface area contributed by atoms with Crippen LogP contribution in [0.3, 0.4) is 0 Å². The van der Waals surface area contributed by atoms with Gasteiger partial charge in [-0.25, -0.2) is 4.52 Å². The van der Waals surface area contributed by atoms with Gasteiger partial charge in [0.15, 0.2) is 5.76 Å². The summed E-state index contributed by atoms with van der Waals surface area (Å²) in [5.74, 6) is -0.211. The lowest BCUT2D eigenvalue weighted by Crippen LogP contribution is -2.33. The van der Waals surface area contributed by atoms with Gasteiger partial charge in [0.25, 0.3) is 5.52 Å². The van der Waals surface area contributed by atoms with Crippen LogP contribution < -0.4 is 4.85 Å². The Morgan fingerprint density at radius 3 is 2.92 bits per heavy atom.